The molecule has 0 unspecified atom stereocenters. The number of nitrogens with one attached hydrogen (secondary N) is 2. The Morgan fingerprint density at radius 3 is 2.91 bits per heavy atom. The highest BCUT2D eigenvalue weighted by molar-refractivity contribution is 7.22. The Morgan fingerprint density at radius 1 is 1.23 bits per heavy atom. The summed E-state index contributed by atoms with van der Waals surface area (Å²) >= 11 is 1.39. The number of carbonyl (C=O) groups is 1. The number of benzene rings is 1. The van der Waals surface area contributed by atoms with Crippen molar-refractivity contribution in [2.24, 2.45) is 0 Å². The molecule has 0 radical (unpaired) electrons. The molecular formula is C15H14N4O2S. The second-order valence-corrected chi connectivity index (χ2v) is 5.49. The molecule has 112 valence electrons. The molecule has 2 aromatic heterocycles. The maximum Gasteiger partial charge on any atom is 0.321 e. The van der Waals surface area contributed by atoms with Crippen LogP contribution in [0.4, 0.5) is 9.93 Å². The lowest BCUT2D eigenvalue weighted by molar-refractivity contribution is 0.245. The van der Waals surface area contributed by atoms with E-state index in [0.717, 1.165) is 21.5 Å². The van der Waals surface area contributed by atoms with Gasteiger partial charge in [0.1, 0.15) is 0 Å². The third-order valence-corrected chi connectivity index (χ3v) is 3.99. The van der Waals surface area contributed by atoms with E-state index in [0.29, 0.717) is 5.13 Å². The smallest absolute Gasteiger partial charge is 0.321 e. The van der Waals surface area contributed by atoms with Gasteiger partial charge < -0.3 is 10.4 Å². The topological polar surface area (TPSA) is 87.1 Å². The second kappa shape index (κ2) is 6.50. The van der Waals surface area contributed by atoms with Gasteiger partial charge in [0.05, 0.1) is 22.5 Å². The first kappa shape index (κ1) is 14.4. The first-order valence-electron chi connectivity index (χ1n) is 6.74. The van der Waals surface area contributed by atoms with Crippen LogP contribution in [0.5, 0.6) is 0 Å². The molecule has 6 nitrogen and oxygen atoms in total. The van der Waals surface area contributed by atoms with Crippen molar-refractivity contribution in [3.8, 4) is 11.3 Å². The lowest BCUT2D eigenvalue weighted by atomic mass is 10.1. The average molecular weight is 314 g/mol. The maximum atomic E-state index is 11.6. The summed E-state index contributed by atoms with van der Waals surface area (Å²) in [5, 5.41) is 14.4. The first-order valence-corrected chi connectivity index (χ1v) is 7.56. The molecule has 3 rings (SSSR count). The van der Waals surface area contributed by atoms with Gasteiger partial charge in [0, 0.05) is 18.3 Å². The number of rotatable bonds is 4. The molecular weight excluding hydrogens is 300 g/mol. The van der Waals surface area contributed by atoms with E-state index in [1.165, 1.54) is 11.3 Å². The minimum Gasteiger partial charge on any atom is -0.395 e. The molecule has 0 aliphatic carbocycles. The summed E-state index contributed by atoms with van der Waals surface area (Å²) in [5.74, 6) is 0. The molecule has 0 spiro atoms. The summed E-state index contributed by atoms with van der Waals surface area (Å²) in [7, 11) is 0. The van der Waals surface area contributed by atoms with Crippen molar-refractivity contribution in [2.45, 2.75) is 0 Å². The first-order chi connectivity index (χ1) is 10.8. The van der Waals surface area contributed by atoms with Crippen LogP contribution in [-0.4, -0.2) is 34.3 Å². The van der Waals surface area contributed by atoms with Crippen molar-refractivity contribution < 1.29 is 9.90 Å². The van der Waals surface area contributed by atoms with Gasteiger partial charge in [-0.05, 0) is 18.2 Å². The summed E-state index contributed by atoms with van der Waals surface area (Å²) in [4.78, 5) is 20.4. The van der Waals surface area contributed by atoms with E-state index >= 15 is 0 Å². The van der Waals surface area contributed by atoms with Gasteiger partial charge in [-0.15, -0.1) is 0 Å². The molecule has 0 atom stereocenters. The van der Waals surface area contributed by atoms with E-state index in [9.17, 15) is 4.79 Å². The largest absolute Gasteiger partial charge is 0.395 e. The van der Waals surface area contributed by atoms with Gasteiger partial charge in [-0.3, -0.25) is 10.3 Å². The quantitative estimate of drug-likeness (QED) is 0.690. The molecule has 3 N–H and O–H groups in total. The fourth-order valence-corrected chi connectivity index (χ4v) is 3.02. The zero-order valence-corrected chi connectivity index (χ0v) is 12.4. The Morgan fingerprint density at radius 2 is 2.14 bits per heavy atom. The number of amides is 2. The van der Waals surface area contributed by atoms with Crippen molar-refractivity contribution in [3.05, 3.63) is 42.6 Å². The minimum absolute atomic E-state index is 0.100. The van der Waals surface area contributed by atoms with Gasteiger partial charge in [-0.2, -0.15) is 0 Å². The molecule has 0 aliphatic heterocycles. The van der Waals surface area contributed by atoms with Crippen LogP contribution < -0.4 is 10.6 Å². The summed E-state index contributed by atoms with van der Waals surface area (Å²) in [6.07, 6.45) is 1.75. The van der Waals surface area contributed by atoms with Crippen LogP contribution >= 0.6 is 11.3 Å². The minimum atomic E-state index is -0.382. The van der Waals surface area contributed by atoms with Gasteiger partial charge in [-0.1, -0.05) is 29.5 Å². The summed E-state index contributed by atoms with van der Waals surface area (Å²) in [5.41, 5.74) is 2.66. The highest BCUT2D eigenvalue weighted by Gasteiger charge is 2.11. The monoisotopic (exact) mass is 314 g/mol. The molecule has 0 saturated heterocycles. The van der Waals surface area contributed by atoms with Crippen LogP contribution in [0.15, 0.2) is 42.6 Å². The number of anilines is 1. The summed E-state index contributed by atoms with van der Waals surface area (Å²) in [6.45, 7) is 0.104. The van der Waals surface area contributed by atoms with Gasteiger partial charge in [0.25, 0.3) is 0 Å². The number of carbonyl (C=O) groups excluding carboxylic acids is 1. The number of urea groups is 1. The number of hydrogen-bond donors (Lipinski definition) is 3. The normalized spacial score (nSPS) is 10.6. The molecule has 1 aromatic carbocycles. The van der Waals surface area contributed by atoms with E-state index in [4.69, 9.17) is 5.11 Å². The molecule has 2 amide bonds. The maximum absolute atomic E-state index is 11.6. The Bertz CT molecular complexity index is 789. The van der Waals surface area contributed by atoms with Gasteiger partial charge in [0.15, 0.2) is 5.13 Å². The van der Waals surface area contributed by atoms with Crippen molar-refractivity contribution in [1.82, 2.24) is 15.3 Å². The molecule has 3 aromatic rings. The number of thiazole rings is 1. The van der Waals surface area contributed by atoms with Gasteiger partial charge in [-0.25, -0.2) is 9.78 Å². The van der Waals surface area contributed by atoms with Crippen LogP contribution in [0.2, 0.25) is 0 Å². The Hall–Kier alpha value is -2.51. The molecule has 0 saturated carbocycles. The van der Waals surface area contributed by atoms with E-state index < -0.39 is 0 Å². The number of pyridine rings is 1. The zero-order valence-electron chi connectivity index (χ0n) is 11.6. The predicted octanol–water partition coefficient (Wildman–Crippen LogP) is 2.47. The molecule has 22 heavy (non-hydrogen) atoms. The highest BCUT2D eigenvalue weighted by Crippen LogP contribution is 2.33. The van der Waals surface area contributed by atoms with Crippen LogP contribution in [0.25, 0.3) is 21.5 Å². The van der Waals surface area contributed by atoms with E-state index in [-0.39, 0.29) is 19.2 Å². The third kappa shape index (κ3) is 3.05. The molecule has 2 heterocycles. The predicted molar refractivity (Wildman–Crippen MR) is 87.0 cm³/mol. The van der Waals surface area contributed by atoms with E-state index in [2.05, 4.69) is 20.6 Å². The van der Waals surface area contributed by atoms with Crippen LogP contribution in [-0.2, 0) is 0 Å². The third-order valence-electron chi connectivity index (χ3n) is 2.97. The zero-order chi connectivity index (χ0) is 15.4. The Kier molecular flexibility index (Phi) is 4.27. The molecule has 7 heteroatoms. The lowest BCUT2D eigenvalue weighted by Crippen LogP contribution is -2.30. The summed E-state index contributed by atoms with van der Waals surface area (Å²) in [6, 6.07) is 11.2. The van der Waals surface area contributed by atoms with Crippen molar-refractivity contribution in [3.63, 3.8) is 0 Å². The molecule has 0 fully saturated rings. The van der Waals surface area contributed by atoms with Crippen molar-refractivity contribution >= 4 is 32.7 Å². The number of aromatic nitrogens is 2. The lowest BCUT2D eigenvalue weighted by Gasteiger charge is -2.02. The van der Waals surface area contributed by atoms with E-state index in [1.54, 1.807) is 6.20 Å². The number of fused-ring (bicyclic) bond motifs is 1. The second-order valence-electron chi connectivity index (χ2n) is 4.49. The number of aliphatic hydroxyl groups excluding tert-OH is 1. The Balaban J connectivity index is 1.92. The van der Waals surface area contributed by atoms with E-state index in [1.807, 2.05) is 36.4 Å². The number of nitrogens with zero attached hydrogens (tertiary/aromatic N) is 2. The standard InChI is InChI=1S/C15H14N4O2S/c20-9-8-17-14(21)19-15-18-12-6-3-4-10(13(12)22-15)11-5-1-2-7-16-11/h1-7,20H,8-9H2,(H2,17,18,19,21). The number of aliphatic hydroxyl groups is 1. The fourth-order valence-electron chi connectivity index (χ4n) is 2.04. The van der Waals surface area contributed by atoms with Crippen molar-refractivity contribution in [2.75, 3.05) is 18.5 Å². The van der Waals surface area contributed by atoms with Crippen LogP contribution in [0, 0.1) is 0 Å². The molecule has 0 aliphatic rings. The van der Waals surface area contributed by atoms with Crippen LogP contribution in [0.1, 0.15) is 0 Å². The summed E-state index contributed by atoms with van der Waals surface area (Å²) < 4.78 is 0.971. The van der Waals surface area contributed by atoms with Crippen LogP contribution in [0.3, 0.4) is 0 Å². The Labute approximate surface area is 130 Å². The van der Waals surface area contributed by atoms with Gasteiger partial charge >= 0.3 is 6.03 Å². The molecule has 0 bridgehead atoms. The van der Waals surface area contributed by atoms with Gasteiger partial charge in [0.2, 0.25) is 0 Å². The fraction of sp³-hybridized carbons (Fsp3) is 0.133. The van der Waals surface area contributed by atoms with Crippen molar-refractivity contribution in [1.29, 1.82) is 0 Å². The average Bonchev–Trinajstić information content (AvgIpc) is 2.95. The SMILES string of the molecule is O=C(NCCO)Nc1nc2cccc(-c3ccccn3)c2s1. The number of hydrogen-bond acceptors (Lipinski definition) is 5. The highest BCUT2D eigenvalue weighted by atomic mass is 32.1.